The van der Waals surface area contributed by atoms with Gasteiger partial charge in [0.25, 0.3) is 0 Å². The molecule has 1 heterocycles. The Bertz CT molecular complexity index is 700. The maximum Gasteiger partial charge on any atom is 0.191 e. The Kier molecular flexibility index (Phi) is 7.53. The van der Waals surface area contributed by atoms with Crippen LogP contribution in [0, 0.1) is 6.92 Å². The molecule has 0 aliphatic rings. The normalized spacial score (nSPS) is 11.4. The van der Waals surface area contributed by atoms with E-state index in [9.17, 15) is 5.11 Å². The number of rotatable bonds is 8. The van der Waals surface area contributed by atoms with Gasteiger partial charge in [-0.25, -0.2) is 4.98 Å². The second-order valence-electron chi connectivity index (χ2n) is 5.52. The Morgan fingerprint density at radius 2 is 2.16 bits per heavy atom. The van der Waals surface area contributed by atoms with Crippen molar-refractivity contribution in [3.63, 3.8) is 0 Å². The fourth-order valence-corrected chi connectivity index (χ4v) is 3.15. The molecule has 2 aromatic rings. The minimum absolute atomic E-state index is 0.202. The van der Waals surface area contributed by atoms with Crippen molar-refractivity contribution >= 4 is 17.3 Å². The number of aromatic hydroxyl groups is 1. The molecule has 1 aromatic heterocycles. The highest BCUT2D eigenvalue weighted by molar-refractivity contribution is 7.11. The minimum Gasteiger partial charge on any atom is -0.504 e. The van der Waals surface area contributed by atoms with Crippen LogP contribution in [0.4, 0.5) is 0 Å². The van der Waals surface area contributed by atoms with Crippen molar-refractivity contribution < 1.29 is 9.84 Å². The number of methoxy groups -OCH3 is 1. The first kappa shape index (κ1) is 19.1. The van der Waals surface area contributed by atoms with Crippen LogP contribution in [0.15, 0.2) is 29.4 Å². The van der Waals surface area contributed by atoms with E-state index in [0.29, 0.717) is 25.3 Å². The third-order valence-electron chi connectivity index (χ3n) is 3.60. The van der Waals surface area contributed by atoms with Gasteiger partial charge in [0.05, 0.1) is 12.1 Å². The molecule has 0 unspecified atom stereocenters. The first-order chi connectivity index (χ1) is 12.1. The number of aromatic nitrogens is 1. The van der Waals surface area contributed by atoms with Gasteiger partial charge in [-0.05, 0) is 31.9 Å². The number of hydrogen-bond donors (Lipinski definition) is 3. The molecule has 136 valence electrons. The number of ether oxygens (including phenoxy) is 1. The number of thiazole rings is 1. The predicted octanol–water partition coefficient (Wildman–Crippen LogP) is 2.51. The van der Waals surface area contributed by atoms with E-state index in [-0.39, 0.29) is 5.75 Å². The van der Waals surface area contributed by atoms with E-state index in [4.69, 9.17) is 4.74 Å². The summed E-state index contributed by atoms with van der Waals surface area (Å²) in [6.45, 7) is 6.25. The monoisotopic (exact) mass is 362 g/mol. The van der Waals surface area contributed by atoms with Gasteiger partial charge in [-0.15, -0.1) is 11.3 Å². The van der Waals surface area contributed by atoms with Crippen LogP contribution in [0.25, 0.3) is 0 Å². The highest BCUT2D eigenvalue weighted by Crippen LogP contribution is 2.29. The molecule has 0 saturated carbocycles. The first-order valence-corrected chi connectivity index (χ1v) is 9.24. The zero-order chi connectivity index (χ0) is 18.1. The summed E-state index contributed by atoms with van der Waals surface area (Å²) in [6.07, 6.45) is 3.42. The summed E-state index contributed by atoms with van der Waals surface area (Å²) in [5.41, 5.74) is 0.848. The number of nitrogens with zero attached hydrogens (tertiary/aromatic N) is 2. The van der Waals surface area contributed by atoms with Gasteiger partial charge < -0.3 is 20.5 Å². The fraction of sp³-hybridized carbons (Fsp3) is 0.444. The maximum atomic E-state index is 10.1. The molecule has 0 aliphatic carbocycles. The summed E-state index contributed by atoms with van der Waals surface area (Å²) in [7, 11) is 1.55. The lowest BCUT2D eigenvalue weighted by atomic mass is 10.1. The largest absolute Gasteiger partial charge is 0.504 e. The molecule has 0 atom stereocenters. The Morgan fingerprint density at radius 1 is 1.32 bits per heavy atom. The number of aliphatic imine (C=N–C) groups is 1. The van der Waals surface area contributed by atoms with Crippen molar-refractivity contribution in [2.75, 3.05) is 26.7 Å². The van der Waals surface area contributed by atoms with Gasteiger partial charge in [-0.2, -0.15) is 0 Å². The molecule has 0 amide bonds. The molecule has 0 spiro atoms. The standard InChI is InChI=1S/C18H26N4O2S/c1-4-19-18(21-11-9-16-22-12-13(2)25-16)20-10-8-14-6-5-7-15(24-3)17(14)23/h5-7,12,23H,4,8-11H2,1-3H3,(H2,19,20,21). The van der Waals surface area contributed by atoms with Crippen LogP contribution in [0.2, 0.25) is 0 Å². The smallest absolute Gasteiger partial charge is 0.191 e. The van der Waals surface area contributed by atoms with E-state index in [1.165, 1.54) is 4.88 Å². The second kappa shape index (κ2) is 9.88. The van der Waals surface area contributed by atoms with Crippen LogP contribution in [0.3, 0.4) is 0 Å². The zero-order valence-electron chi connectivity index (χ0n) is 15.0. The molecule has 6 nitrogen and oxygen atoms in total. The molecule has 7 heteroatoms. The molecular weight excluding hydrogens is 336 g/mol. The number of phenolic OH excluding ortho intramolecular Hbond substituents is 1. The third kappa shape index (κ3) is 5.94. The first-order valence-electron chi connectivity index (χ1n) is 8.42. The summed E-state index contributed by atoms with van der Waals surface area (Å²) in [5.74, 6) is 1.47. The topological polar surface area (TPSA) is 78.8 Å². The average molecular weight is 362 g/mol. The number of hydrogen-bond acceptors (Lipinski definition) is 5. The number of guanidine groups is 1. The van der Waals surface area contributed by atoms with Crippen molar-refractivity contribution in [3.8, 4) is 11.5 Å². The van der Waals surface area contributed by atoms with Gasteiger partial charge in [-0.3, -0.25) is 4.99 Å². The molecule has 0 bridgehead atoms. The summed E-state index contributed by atoms with van der Waals surface area (Å²) in [5, 5.41) is 17.8. The molecule has 1 aromatic carbocycles. The summed E-state index contributed by atoms with van der Waals surface area (Å²) >= 11 is 1.71. The summed E-state index contributed by atoms with van der Waals surface area (Å²) < 4.78 is 5.14. The lowest BCUT2D eigenvalue weighted by Crippen LogP contribution is -2.38. The van der Waals surface area contributed by atoms with Crippen LogP contribution in [0.5, 0.6) is 11.5 Å². The quantitative estimate of drug-likeness (QED) is 0.497. The van der Waals surface area contributed by atoms with Crippen molar-refractivity contribution in [2.24, 2.45) is 4.99 Å². The van der Waals surface area contributed by atoms with Crippen molar-refractivity contribution in [2.45, 2.75) is 26.7 Å². The van der Waals surface area contributed by atoms with E-state index in [1.807, 2.05) is 25.3 Å². The van der Waals surface area contributed by atoms with E-state index >= 15 is 0 Å². The van der Waals surface area contributed by atoms with Gasteiger partial charge in [0.1, 0.15) is 0 Å². The molecule has 0 fully saturated rings. The second-order valence-corrected chi connectivity index (χ2v) is 6.84. The Hall–Kier alpha value is -2.28. The fourth-order valence-electron chi connectivity index (χ4n) is 2.37. The van der Waals surface area contributed by atoms with Gasteiger partial charge >= 0.3 is 0 Å². The van der Waals surface area contributed by atoms with Crippen molar-refractivity contribution in [1.29, 1.82) is 0 Å². The average Bonchev–Trinajstić information content (AvgIpc) is 3.01. The summed E-state index contributed by atoms with van der Waals surface area (Å²) in [4.78, 5) is 10.2. The SMILES string of the molecule is CCNC(=NCCc1ncc(C)s1)NCCc1cccc(OC)c1O. The Morgan fingerprint density at radius 3 is 2.84 bits per heavy atom. The van der Waals surface area contributed by atoms with Crippen LogP contribution in [-0.2, 0) is 12.8 Å². The molecule has 0 aliphatic heterocycles. The van der Waals surface area contributed by atoms with Gasteiger partial charge in [0.15, 0.2) is 17.5 Å². The van der Waals surface area contributed by atoms with Crippen molar-refractivity contribution in [1.82, 2.24) is 15.6 Å². The third-order valence-corrected chi connectivity index (χ3v) is 4.57. The molecule has 25 heavy (non-hydrogen) atoms. The summed E-state index contributed by atoms with van der Waals surface area (Å²) in [6, 6.07) is 5.52. The zero-order valence-corrected chi connectivity index (χ0v) is 15.8. The maximum absolute atomic E-state index is 10.1. The van der Waals surface area contributed by atoms with Crippen molar-refractivity contribution in [3.05, 3.63) is 39.8 Å². The highest BCUT2D eigenvalue weighted by Gasteiger charge is 2.07. The molecule has 3 N–H and O–H groups in total. The van der Waals surface area contributed by atoms with Crippen LogP contribution in [-0.4, -0.2) is 42.8 Å². The van der Waals surface area contributed by atoms with E-state index in [0.717, 1.165) is 29.5 Å². The van der Waals surface area contributed by atoms with E-state index < -0.39 is 0 Å². The molecule has 0 saturated heterocycles. The lowest BCUT2D eigenvalue weighted by Gasteiger charge is -2.12. The lowest BCUT2D eigenvalue weighted by molar-refractivity contribution is 0.370. The Balaban J connectivity index is 1.85. The number of benzene rings is 1. The van der Waals surface area contributed by atoms with Crippen LogP contribution >= 0.6 is 11.3 Å². The number of para-hydroxylation sites is 1. The molecular formula is C18H26N4O2S. The molecule has 2 rings (SSSR count). The Labute approximate surface area is 153 Å². The number of nitrogens with one attached hydrogen (secondary N) is 2. The van der Waals surface area contributed by atoms with E-state index in [2.05, 4.69) is 27.5 Å². The number of phenols is 1. The van der Waals surface area contributed by atoms with Crippen LogP contribution in [0.1, 0.15) is 22.4 Å². The molecule has 0 radical (unpaired) electrons. The van der Waals surface area contributed by atoms with Gasteiger partial charge in [0.2, 0.25) is 0 Å². The van der Waals surface area contributed by atoms with Gasteiger partial charge in [0, 0.05) is 37.1 Å². The minimum atomic E-state index is 0.202. The van der Waals surface area contributed by atoms with E-state index in [1.54, 1.807) is 24.5 Å². The van der Waals surface area contributed by atoms with Crippen LogP contribution < -0.4 is 15.4 Å². The number of aryl methyl sites for hydroxylation is 1. The predicted molar refractivity (Wildman–Crippen MR) is 103 cm³/mol. The van der Waals surface area contributed by atoms with Gasteiger partial charge in [-0.1, -0.05) is 12.1 Å². The highest BCUT2D eigenvalue weighted by atomic mass is 32.1.